The number of aliphatic hydroxyl groups excluding tert-OH is 1. The van der Waals surface area contributed by atoms with Crippen molar-refractivity contribution in [2.75, 3.05) is 28.8 Å². The number of aliphatic hydroxyl groups is 1. The number of carbonyl (C=O) groups excluding carboxylic acids is 1. The summed E-state index contributed by atoms with van der Waals surface area (Å²) in [5.74, 6) is 1.53. The van der Waals surface area contributed by atoms with Crippen LogP contribution in [0.2, 0.25) is 0 Å². The first-order valence-corrected chi connectivity index (χ1v) is 12.1. The number of carbonyl (C=O) groups is 1. The van der Waals surface area contributed by atoms with Gasteiger partial charge in [0.1, 0.15) is 17.7 Å². The van der Waals surface area contributed by atoms with Crippen molar-refractivity contribution >= 4 is 28.9 Å². The average Bonchev–Trinajstić information content (AvgIpc) is 3.36. The van der Waals surface area contributed by atoms with Crippen molar-refractivity contribution in [3.8, 4) is 0 Å². The highest BCUT2D eigenvalue weighted by atomic mass is 16.6. The standard InChI is InChI=1S/C25H35N5O3/c1-5-16-12-17(25(32)33-7-3)14-27-23(16)28-22-13-20-21(15-26-22)29(4)24(31)19(6-2)30(20)18-10-8-9-11-18/h12-15,18-19,25,32H,5-11H2,1-4H3,(H,26,27,28)/t19-,25-/m1/s1. The van der Waals surface area contributed by atoms with E-state index in [1.807, 2.05) is 33.0 Å². The number of aryl methyl sites for hydroxylation is 1. The lowest BCUT2D eigenvalue weighted by molar-refractivity contribution is -0.120. The Morgan fingerprint density at radius 2 is 1.91 bits per heavy atom. The van der Waals surface area contributed by atoms with Crippen molar-refractivity contribution in [1.29, 1.82) is 0 Å². The second-order valence-electron chi connectivity index (χ2n) is 8.79. The van der Waals surface area contributed by atoms with Gasteiger partial charge in [0, 0.05) is 37.5 Å². The maximum atomic E-state index is 13.1. The zero-order valence-electron chi connectivity index (χ0n) is 20.0. The zero-order valence-corrected chi connectivity index (χ0v) is 20.0. The summed E-state index contributed by atoms with van der Waals surface area (Å²) in [7, 11) is 1.84. The fraction of sp³-hybridized carbons (Fsp3) is 0.560. The van der Waals surface area contributed by atoms with Crippen molar-refractivity contribution in [2.24, 2.45) is 0 Å². The molecule has 2 aromatic heterocycles. The third-order valence-electron chi connectivity index (χ3n) is 6.78. The predicted octanol–water partition coefficient (Wildman–Crippen LogP) is 4.31. The van der Waals surface area contributed by atoms with E-state index in [1.54, 1.807) is 17.3 Å². The van der Waals surface area contributed by atoms with Crippen LogP contribution in [0.4, 0.5) is 23.0 Å². The number of likely N-dealkylation sites (N-methyl/N-ethyl adjacent to an activating group) is 1. The molecule has 3 heterocycles. The van der Waals surface area contributed by atoms with Crippen LogP contribution in [0.5, 0.6) is 0 Å². The van der Waals surface area contributed by atoms with Crippen molar-refractivity contribution < 1.29 is 14.6 Å². The summed E-state index contributed by atoms with van der Waals surface area (Å²) in [4.78, 5) is 26.3. The molecule has 0 radical (unpaired) electrons. The largest absolute Gasteiger partial charge is 0.364 e. The Hall–Kier alpha value is -2.71. The lowest BCUT2D eigenvalue weighted by Gasteiger charge is -2.44. The van der Waals surface area contributed by atoms with Gasteiger partial charge < -0.3 is 25.0 Å². The Labute approximate surface area is 196 Å². The monoisotopic (exact) mass is 453 g/mol. The predicted molar refractivity (Wildman–Crippen MR) is 130 cm³/mol. The highest BCUT2D eigenvalue weighted by Gasteiger charge is 2.40. The van der Waals surface area contributed by atoms with Gasteiger partial charge in [-0.1, -0.05) is 26.7 Å². The van der Waals surface area contributed by atoms with Crippen LogP contribution in [0, 0.1) is 0 Å². The van der Waals surface area contributed by atoms with Crippen LogP contribution in [0.1, 0.15) is 70.3 Å². The van der Waals surface area contributed by atoms with Gasteiger partial charge in [0.25, 0.3) is 0 Å². The van der Waals surface area contributed by atoms with Crippen LogP contribution in [0.25, 0.3) is 0 Å². The quantitative estimate of drug-likeness (QED) is 0.576. The van der Waals surface area contributed by atoms with E-state index in [2.05, 4.69) is 27.1 Å². The molecule has 0 bridgehead atoms. The zero-order chi connectivity index (χ0) is 23.5. The first-order chi connectivity index (χ1) is 16.0. The smallest absolute Gasteiger partial charge is 0.249 e. The lowest BCUT2D eigenvalue weighted by Crippen LogP contribution is -2.55. The normalized spacial score (nSPS) is 19.7. The second-order valence-corrected chi connectivity index (χ2v) is 8.79. The summed E-state index contributed by atoms with van der Waals surface area (Å²) >= 11 is 0. The summed E-state index contributed by atoms with van der Waals surface area (Å²) in [6, 6.07) is 4.19. The number of amides is 1. The van der Waals surface area contributed by atoms with Crippen LogP contribution < -0.4 is 15.1 Å². The number of fused-ring (bicyclic) bond motifs is 1. The molecule has 0 unspecified atom stereocenters. The Kier molecular flexibility index (Phi) is 7.14. The number of nitrogens with one attached hydrogen (secondary N) is 1. The van der Waals surface area contributed by atoms with Gasteiger partial charge in [0.05, 0.1) is 17.6 Å². The van der Waals surface area contributed by atoms with E-state index in [0.29, 0.717) is 29.8 Å². The Morgan fingerprint density at radius 1 is 1.15 bits per heavy atom. The minimum atomic E-state index is -0.984. The fourth-order valence-electron chi connectivity index (χ4n) is 5.03. The highest BCUT2D eigenvalue weighted by molar-refractivity contribution is 6.05. The van der Waals surface area contributed by atoms with Crippen molar-refractivity contribution in [2.45, 2.75) is 77.7 Å². The molecule has 1 aliphatic heterocycles. The minimum absolute atomic E-state index is 0.137. The Morgan fingerprint density at radius 3 is 2.58 bits per heavy atom. The summed E-state index contributed by atoms with van der Waals surface area (Å²) < 4.78 is 5.29. The molecule has 1 fully saturated rings. The van der Waals surface area contributed by atoms with Crippen molar-refractivity contribution in [3.05, 3.63) is 35.7 Å². The maximum absolute atomic E-state index is 13.1. The molecule has 0 spiro atoms. The first kappa shape index (κ1) is 23.4. The van der Waals surface area contributed by atoms with Gasteiger partial charge >= 0.3 is 0 Å². The van der Waals surface area contributed by atoms with Crippen molar-refractivity contribution in [1.82, 2.24) is 9.97 Å². The molecular formula is C25H35N5O3. The van der Waals surface area contributed by atoms with Gasteiger partial charge in [0.15, 0.2) is 6.29 Å². The topological polar surface area (TPSA) is 90.8 Å². The second kappa shape index (κ2) is 10.1. The summed E-state index contributed by atoms with van der Waals surface area (Å²) in [6.07, 6.45) is 8.58. The van der Waals surface area contributed by atoms with Crippen LogP contribution in [0.3, 0.4) is 0 Å². The van der Waals surface area contributed by atoms with E-state index in [0.717, 1.165) is 42.6 Å². The Bertz CT molecular complexity index is 992. The van der Waals surface area contributed by atoms with Gasteiger partial charge in [-0.05, 0) is 44.2 Å². The molecule has 178 valence electrons. The molecule has 8 nitrogen and oxygen atoms in total. The van der Waals surface area contributed by atoms with E-state index in [-0.39, 0.29) is 11.9 Å². The van der Waals surface area contributed by atoms with E-state index >= 15 is 0 Å². The molecular weight excluding hydrogens is 418 g/mol. The number of pyridine rings is 2. The lowest BCUT2D eigenvalue weighted by atomic mass is 10.0. The SMILES string of the molecule is CCO[C@@H](O)c1cnc(Nc2cc3c(cn2)N(C)C(=O)[C@@H](CC)N3C2CCCC2)c(CC)c1. The van der Waals surface area contributed by atoms with Gasteiger partial charge in [-0.15, -0.1) is 0 Å². The van der Waals surface area contributed by atoms with E-state index in [1.165, 1.54) is 12.8 Å². The average molecular weight is 454 g/mol. The molecule has 33 heavy (non-hydrogen) atoms. The minimum Gasteiger partial charge on any atom is -0.364 e. The highest BCUT2D eigenvalue weighted by Crippen LogP contribution is 2.42. The molecule has 1 aliphatic carbocycles. The van der Waals surface area contributed by atoms with E-state index in [4.69, 9.17) is 4.74 Å². The van der Waals surface area contributed by atoms with Crippen molar-refractivity contribution in [3.63, 3.8) is 0 Å². The number of ether oxygens (including phenoxy) is 1. The fourth-order valence-corrected chi connectivity index (χ4v) is 5.03. The van der Waals surface area contributed by atoms with Crippen LogP contribution in [-0.2, 0) is 16.0 Å². The number of aromatic nitrogens is 2. The maximum Gasteiger partial charge on any atom is 0.249 e. The summed E-state index contributed by atoms with van der Waals surface area (Å²) in [5, 5.41) is 13.5. The molecule has 2 aliphatic rings. The first-order valence-electron chi connectivity index (χ1n) is 12.1. The number of hydrogen-bond acceptors (Lipinski definition) is 7. The Balaban J connectivity index is 1.67. The number of hydrogen-bond donors (Lipinski definition) is 2. The molecule has 0 aromatic carbocycles. The summed E-state index contributed by atoms with van der Waals surface area (Å²) in [6.45, 7) is 6.40. The molecule has 4 rings (SSSR count). The molecule has 8 heteroatoms. The van der Waals surface area contributed by atoms with Crippen LogP contribution in [-0.4, -0.2) is 46.7 Å². The van der Waals surface area contributed by atoms with Crippen LogP contribution >= 0.6 is 0 Å². The molecule has 2 N–H and O–H groups in total. The van der Waals surface area contributed by atoms with Crippen LogP contribution in [0.15, 0.2) is 24.5 Å². The summed E-state index contributed by atoms with van der Waals surface area (Å²) in [5.41, 5.74) is 3.50. The third kappa shape index (κ3) is 4.54. The van der Waals surface area contributed by atoms with Gasteiger partial charge in [-0.2, -0.15) is 0 Å². The van der Waals surface area contributed by atoms with Gasteiger partial charge in [0.2, 0.25) is 5.91 Å². The number of nitrogens with zero attached hydrogens (tertiary/aromatic N) is 4. The van der Waals surface area contributed by atoms with E-state index < -0.39 is 6.29 Å². The molecule has 2 aromatic rings. The number of anilines is 4. The molecule has 1 amide bonds. The molecule has 2 atom stereocenters. The molecule has 0 saturated heterocycles. The molecule has 1 saturated carbocycles. The van der Waals surface area contributed by atoms with Gasteiger partial charge in [-0.25, -0.2) is 9.97 Å². The third-order valence-corrected chi connectivity index (χ3v) is 6.78. The van der Waals surface area contributed by atoms with E-state index in [9.17, 15) is 9.90 Å². The number of rotatable bonds is 8. The van der Waals surface area contributed by atoms with Gasteiger partial charge in [-0.3, -0.25) is 4.79 Å².